The zero-order chi connectivity index (χ0) is 11.5. The van der Waals surface area contributed by atoms with E-state index in [9.17, 15) is 9.00 Å². The van der Waals surface area contributed by atoms with Crippen LogP contribution in [-0.2, 0) is 15.6 Å². The maximum absolute atomic E-state index is 11.5. The number of nitrogens with zero attached hydrogens (tertiary/aromatic N) is 1. The van der Waals surface area contributed by atoms with Crippen LogP contribution < -0.4 is 5.32 Å². The van der Waals surface area contributed by atoms with Crippen molar-refractivity contribution in [1.82, 2.24) is 5.32 Å². The Kier molecular flexibility index (Phi) is 3.86. The first-order valence-electron chi connectivity index (χ1n) is 5.03. The van der Waals surface area contributed by atoms with Crippen LogP contribution in [0.4, 0.5) is 0 Å². The van der Waals surface area contributed by atoms with Crippen molar-refractivity contribution in [2.45, 2.75) is 31.4 Å². The van der Waals surface area contributed by atoms with Gasteiger partial charge in [0.2, 0.25) is 5.91 Å². The number of nitriles is 1. The lowest BCUT2D eigenvalue weighted by molar-refractivity contribution is -0.124. The highest BCUT2D eigenvalue weighted by Gasteiger charge is 2.50. The third kappa shape index (κ3) is 3.03. The minimum atomic E-state index is -0.849. The van der Waals surface area contributed by atoms with Gasteiger partial charge in [-0.05, 0) is 19.3 Å². The summed E-state index contributed by atoms with van der Waals surface area (Å²) < 4.78 is 11.0. The summed E-state index contributed by atoms with van der Waals surface area (Å²) in [6, 6.07) is 2.04. The molecule has 1 rings (SSSR count). The van der Waals surface area contributed by atoms with Gasteiger partial charge in [-0.3, -0.25) is 9.00 Å². The van der Waals surface area contributed by atoms with Gasteiger partial charge < -0.3 is 5.32 Å². The van der Waals surface area contributed by atoms with Gasteiger partial charge in [0.15, 0.2) is 0 Å². The third-order valence-electron chi connectivity index (χ3n) is 2.80. The predicted molar refractivity (Wildman–Crippen MR) is 58.4 cm³/mol. The average molecular weight is 228 g/mol. The smallest absolute Gasteiger partial charge is 0.240 e. The zero-order valence-electron chi connectivity index (χ0n) is 9.08. The summed E-state index contributed by atoms with van der Waals surface area (Å²) in [5.41, 5.74) is -0.741. The first-order valence-corrected chi connectivity index (χ1v) is 6.66. The van der Waals surface area contributed by atoms with Crippen LogP contribution in [0.25, 0.3) is 0 Å². The first kappa shape index (κ1) is 12.2. The number of rotatable bonds is 5. The number of nitrogens with one attached hydrogen (secondary N) is 1. The molecular weight excluding hydrogens is 212 g/mol. The maximum atomic E-state index is 11.5. The summed E-state index contributed by atoms with van der Waals surface area (Å²) in [6.45, 7) is 2.39. The van der Waals surface area contributed by atoms with Crippen molar-refractivity contribution < 1.29 is 9.00 Å². The van der Waals surface area contributed by atoms with Crippen molar-refractivity contribution in [3.63, 3.8) is 0 Å². The van der Waals surface area contributed by atoms with E-state index in [4.69, 9.17) is 5.26 Å². The molecular formula is C10H16N2O2S. The molecule has 0 saturated heterocycles. The molecule has 84 valence electrons. The number of hydrogen-bond donors (Lipinski definition) is 1. The highest BCUT2D eigenvalue weighted by molar-refractivity contribution is 7.84. The van der Waals surface area contributed by atoms with E-state index in [1.165, 1.54) is 0 Å². The second kappa shape index (κ2) is 4.75. The first-order chi connectivity index (χ1) is 7.02. The highest BCUT2D eigenvalue weighted by Crippen LogP contribution is 2.44. The van der Waals surface area contributed by atoms with Gasteiger partial charge in [0.25, 0.3) is 0 Å². The van der Waals surface area contributed by atoms with Crippen molar-refractivity contribution in [3.05, 3.63) is 0 Å². The molecule has 5 heteroatoms. The Morgan fingerprint density at radius 1 is 1.67 bits per heavy atom. The summed E-state index contributed by atoms with van der Waals surface area (Å²) in [6.07, 6.45) is 3.69. The standard InChI is InChI=1S/C10H16N2O2S/c1-8(15(2)14)3-6-12-9(13)10(7-11)4-5-10/h8H,3-6H2,1-2H3,(H,12,13). The number of hydrogen-bond acceptors (Lipinski definition) is 3. The van der Waals surface area contributed by atoms with Crippen molar-refractivity contribution in [2.75, 3.05) is 12.8 Å². The van der Waals surface area contributed by atoms with E-state index >= 15 is 0 Å². The van der Waals surface area contributed by atoms with Crippen LogP contribution in [0.2, 0.25) is 0 Å². The van der Waals surface area contributed by atoms with Crippen LogP contribution in [0.1, 0.15) is 26.2 Å². The number of carbonyl (C=O) groups is 1. The van der Waals surface area contributed by atoms with Gasteiger partial charge in [0.1, 0.15) is 5.41 Å². The quantitative estimate of drug-likeness (QED) is 0.747. The highest BCUT2D eigenvalue weighted by atomic mass is 32.2. The van der Waals surface area contributed by atoms with Crippen LogP contribution >= 0.6 is 0 Å². The van der Waals surface area contributed by atoms with Gasteiger partial charge in [-0.15, -0.1) is 0 Å². The van der Waals surface area contributed by atoms with E-state index in [0.717, 1.165) is 0 Å². The molecule has 0 heterocycles. The van der Waals surface area contributed by atoms with Gasteiger partial charge in [-0.2, -0.15) is 5.26 Å². The van der Waals surface area contributed by atoms with E-state index in [0.29, 0.717) is 25.8 Å². The molecule has 0 aromatic heterocycles. The van der Waals surface area contributed by atoms with Crippen LogP contribution in [0.5, 0.6) is 0 Å². The Hall–Kier alpha value is -0.890. The third-order valence-corrected chi connectivity index (χ3v) is 4.17. The molecule has 0 aliphatic heterocycles. The number of amides is 1. The Balaban J connectivity index is 2.25. The molecule has 1 N–H and O–H groups in total. The SMILES string of the molecule is CC(CCNC(=O)C1(C#N)CC1)S(C)=O. The van der Waals surface area contributed by atoms with E-state index < -0.39 is 16.2 Å². The number of carbonyl (C=O) groups excluding carboxylic acids is 1. The van der Waals surface area contributed by atoms with Crippen molar-refractivity contribution in [3.8, 4) is 6.07 Å². The molecule has 1 fully saturated rings. The van der Waals surface area contributed by atoms with E-state index in [2.05, 4.69) is 5.32 Å². The summed E-state index contributed by atoms with van der Waals surface area (Å²) in [7, 11) is -0.849. The predicted octanol–water partition coefficient (Wildman–Crippen LogP) is 0.563. The minimum absolute atomic E-state index is 0.0857. The van der Waals surface area contributed by atoms with E-state index in [-0.39, 0.29) is 11.2 Å². The fourth-order valence-corrected chi connectivity index (χ4v) is 1.69. The van der Waals surface area contributed by atoms with Crippen LogP contribution in [0.3, 0.4) is 0 Å². The molecule has 0 aromatic rings. The summed E-state index contributed by atoms with van der Waals surface area (Å²) in [5.74, 6) is -0.168. The lowest BCUT2D eigenvalue weighted by Crippen LogP contribution is -2.33. The molecule has 4 nitrogen and oxygen atoms in total. The Bertz CT molecular complexity index is 318. The molecule has 2 unspecified atom stereocenters. The second-order valence-corrected chi connectivity index (χ2v) is 5.85. The van der Waals surface area contributed by atoms with Crippen LogP contribution in [-0.4, -0.2) is 28.2 Å². The Morgan fingerprint density at radius 3 is 2.67 bits per heavy atom. The van der Waals surface area contributed by atoms with Crippen molar-refractivity contribution in [2.24, 2.45) is 5.41 Å². The second-order valence-electron chi connectivity index (χ2n) is 4.05. The molecule has 0 radical (unpaired) electrons. The molecule has 1 saturated carbocycles. The summed E-state index contributed by atoms with van der Waals surface area (Å²) >= 11 is 0. The molecule has 0 bridgehead atoms. The molecule has 1 aliphatic carbocycles. The van der Waals surface area contributed by atoms with Crippen molar-refractivity contribution in [1.29, 1.82) is 5.26 Å². The molecule has 1 amide bonds. The lowest BCUT2D eigenvalue weighted by Gasteiger charge is -2.10. The Morgan fingerprint density at radius 2 is 2.27 bits per heavy atom. The van der Waals surface area contributed by atoms with Gasteiger partial charge in [0, 0.05) is 28.9 Å². The Labute approximate surface area is 92.5 Å². The van der Waals surface area contributed by atoms with Gasteiger partial charge >= 0.3 is 0 Å². The average Bonchev–Trinajstić information content (AvgIpc) is 2.97. The molecule has 0 spiro atoms. The normalized spacial score (nSPS) is 21.1. The fourth-order valence-electron chi connectivity index (χ4n) is 1.24. The lowest BCUT2D eigenvalue weighted by atomic mass is 10.1. The molecule has 1 aliphatic rings. The monoisotopic (exact) mass is 228 g/mol. The van der Waals surface area contributed by atoms with Gasteiger partial charge in [-0.1, -0.05) is 6.92 Å². The minimum Gasteiger partial charge on any atom is -0.355 e. The maximum Gasteiger partial charge on any atom is 0.240 e. The zero-order valence-corrected chi connectivity index (χ0v) is 9.89. The van der Waals surface area contributed by atoms with Gasteiger partial charge in [0.05, 0.1) is 6.07 Å². The van der Waals surface area contributed by atoms with E-state index in [1.54, 1.807) is 6.26 Å². The largest absolute Gasteiger partial charge is 0.355 e. The van der Waals surface area contributed by atoms with Gasteiger partial charge in [-0.25, -0.2) is 0 Å². The van der Waals surface area contributed by atoms with Crippen molar-refractivity contribution >= 4 is 16.7 Å². The van der Waals surface area contributed by atoms with Crippen LogP contribution in [0.15, 0.2) is 0 Å². The molecule has 2 atom stereocenters. The molecule has 15 heavy (non-hydrogen) atoms. The van der Waals surface area contributed by atoms with E-state index in [1.807, 2.05) is 13.0 Å². The summed E-state index contributed by atoms with van der Waals surface area (Å²) in [5, 5.41) is 11.6. The molecule has 0 aromatic carbocycles. The van der Waals surface area contributed by atoms with Crippen LogP contribution in [0, 0.1) is 16.7 Å². The fraction of sp³-hybridized carbons (Fsp3) is 0.800. The summed E-state index contributed by atoms with van der Waals surface area (Å²) in [4.78, 5) is 11.5. The topological polar surface area (TPSA) is 70.0 Å².